The number of aromatic nitrogens is 1. The number of rotatable bonds is 2. The molecule has 0 saturated carbocycles. The van der Waals surface area contributed by atoms with Crippen molar-refractivity contribution < 1.29 is 19.0 Å². The molecule has 0 saturated heterocycles. The third-order valence-corrected chi connectivity index (χ3v) is 1.59. The first kappa shape index (κ1) is 10.3. The van der Waals surface area contributed by atoms with Gasteiger partial charge in [-0.2, -0.15) is 5.26 Å². The summed E-state index contributed by atoms with van der Waals surface area (Å²) in [6.07, 6.45) is -2.91. The first-order valence-electron chi connectivity index (χ1n) is 3.62. The van der Waals surface area contributed by atoms with E-state index in [1.54, 1.807) is 0 Å². The highest BCUT2D eigenvalue weighted by Gasteiger charge is 2.18. The number of aliphatic hydroxyl groups excluding tert-OH is 1. The van der Waals surface area contributed by atoms with Crippen LogP contribution in [0.1, 0.15) is 23.4 Å². The molecule has 6 heteroatoms. The second kappa shape index (κ2) is 3.98. The SMILES string of the molecule is N#Cc1cc(O)c(CO)nc1C(F)F. The summed E-state index contributed by atoms with van der Waals surface area (Å²) in [5.74, 6) is -0.464. The van der Waals surface area contributed by atoms with Gasteiger partial charge in [0.1, 0.15) is 23.2 Å². The van der Waals surface area contributed by atoms with Gasteiger partial charge in [-0.25, -0.2) is 13.8 Å². The van der Waals surface area contributed by atoms with E-state index in [0.717, 1.165) is 6.07 Å². The van der Waals surface area contributed by atoms with Crippen molar-refractivity contribution >= 4 is 0 Å². The average Bonchev–Trinajstić information content (AvgIpc) is 2.16. The van der Waals surface area contributed by atoms with E-state index < -0.39 is 30.0 Å². The van der Waals surface area contributed by atoms with Gasteiger partial charge in [0.2, 0.25) is 0 Å². The standard InChI is InChI=1S/C8H6F2N2O2/c9-8(10)7-4(2-11)1-6(14)5(3-13)12-7/h1,8,13-14H,3H2. The second-order valence-corrected chi connectivity index (χ2v) is 2.46. The van der Waals surface area contributed by atoms with Crippen LogP contribution in [0, 0.1) is 11.3 Å². The van der Waals surface area contributed by atoms with Gasteiger partial charge in [-0.1, -0.05) is 0 Å². The summed E-state index contributed by atoms with van der Waals surface area (Å²) in [6.45, 7) is -0.655. The van der Waals surface area contributed by atoms with Crippen LogP contribution >= 0.6 is 0 Å². The number of nitrogens with zero attached hydrogens (tertiary/aromatic N) is 2. The van der Waals surface area contributed by atoms with Crippen molar-refractivity contribution in [3.05, 3.63) is 23.0 Å². The third kappa shape index (κ3) is 1.78. The molecule has 2 N–H and O–H groups in total. The number of alkyl halides is 2. The number of pyridine rings is 1. The van der Waals surface area contributed by atoms with Crippen molar-refractivity contribution in [1.82, 2.24) is 4.98 Å². The maximum absolute atomic E-state index is 12.3. The van der Waals surface area contributed by atoms with Crippen molar-refractivity contribution in [2.45, 2.75) is 13.0 Å². The van der Waals surface area contributed by atoms with Crippen molar-refractivity contribution in [1.29, 1.82) is 5.26 Å². The first-order valence-corrected chi connectivity index (χ1v) is 3.62. The second-order valence-electron chi connectivity index (χ2n) is 2.46. The van der Waals surface area contributed by atoms with Crippen molar-refractivity contribution in [2.75, 3.05) is 0 Å². The van der Waals surface area contributed by atoms with Gasteiger partial charge in [-0.15, -0.1) is 0 Å². The Labute approximate surface area is 78.1 Å². The van der Waals surface area contributed by atoms with Crippen LogP contribution in [0.15, 0.2) is 6.07 Å². The Morgan fingerprint density at radius 1 is 1.57 bits per heavy atom. The Bertz CT molecular complexity index is 388. The summed E-state index contributed by atoms with van der Waals surface area (Å²) in [5.41, 5.74) is -1.39. The monoisotopic (exact) mass is 200 g/mol. The molecule has 0 radical (unpaired) electrons. The highest BCUT2D eigenvalue weighted by atomic mass is 19.3. The number of halogens is 2. The molecule has 1 rings (SSSR count). The number of aromatic hydroxyl groups is 1. The first-order chi connectivity index (χ1) is 6.60. The van der Waals surface area contributed by atoms with Gasteiger partial charge in [-0.05, 0) is 0 Å². The Morgan fingerprint density at radius 3 is 2.64 bits per heavy atom. The fourth-order valence-electron chi connectivity index (χ4n) is 0.929. The van der Waals surface area contributed by atoms with Crippen LogP contribution in [-0.2, 0) is 6.61 Å². The minimum atomic E-state index is -2.91. The molecule has 0 atom stereocenters. The summed E-state index contributed by atoms with van der Waals surface area (Å²) in [7, 11) is 0. The van der Waals surface area contributed by atoms with Gasteiger partial charge in [0.05, 0.1) is 12.2 Å². The van der Waals surface area contributed by atoms with Gasteiger partial charge < -0.3 is 10.2 Å². The third-order valence-electron chi connectivity index (χ3n) is 1.59. The smallest absolute Gasteiger partial charge is 0.281 e. The van der Waals surface area contributed by atoms with Crippen LogP contribution in [-0.4, -0.2) is 15.2 Å². The van der Waals surface area contributed by atoms with E-state index in [1.165, 1.54) is 6.07 Å². The van der Waals surface area contributed by atoms with E-state index in [0.29, 0.717) is 0 Å². The lowest BCUT2D eigenvalue weighted by Crippen LogP contribution is -2.00. The fourth-order valence-corrected chi connectivity index (χ4v) is 0.929. The van der Waals surface area contributed by atoms with Gasteiger partial charge in [0, 0.05) is 6.07 Å². The van der Waals surface area contributed by atoms with E-state index in [4.69, 9.17) is 15.5 Å². The number of hydrogen-bond acceptors (Lipinski definition) is 4. The van der Waals surface area contributed by atoms with Crippen LogP contribution in [0.25, 0.3) is 0 Å². The van der Waals surface area contributed by atoms with Crippen LogP contribution in [0.2, 0.25) is 0 Å². The minimum absolute atomic E-state index is 0.265. The van der Waals surface area contributed by atoms with Gasteiger partial charge >= 0.3 is 0 Å². The van der Waals surface area contributed by atoms with E-state index in [-0.39, 0.29) is 5.69 Å². The van der Waals surface area contributed by atoms with Crippen molar-refractivity contribution in [3.63, 3.8) is 0 Å². The predicted molar refractivity (Wildman–Crippen MR) is 41.5 cm³/mol. The molecule has 1 aromatic heterocycles. The molecule has 1 aromatic rings. The molecule has 14 heavy (non-hydrogen) atoms. The van der Waals surface area contributed by atoms with Crippen LogP contribution in [0.5, 0.6) is 5.75 Å². The zero-order valence-corrected chi connectivity index (χ0v) is 6.91. The molecular formula is C8H6F2N2O2. The Morgan fingerprint density at radius 2 is 2.21 bits per heavy atom. The topological polar surface area (TPSA) is 77.1 Å². The lowest BCUT2D eigenvalue weighted by atomic mass is 10.2. The van der Waals surface area contributed by atoms with Gasteiger partial charge in [-0.3, -0.25) is 0 Å². The van der Waals surface area contributed by atoms with Crippen molar-refractivity contribution in [3.8, 4) is 11.8 Å². The summed E-state index contributed by atoms with van der Waals surface area (Å²) in [4.78, 5) is 3.29. The molecule has 4 nitrogen and oxygen atoms in total. The summed E-state index contributed by atoms with van der Waals surface area (Å²) in [6, 6.07) is 2.35. The zero-order chi connectivity index (χ0) is 10.7. The fraction of sp³-hybridized carbons (Fsp3) is 0.250. The summed E-state index contributed by atoms with van der Waals surface area (Å²) in [5, 5.41) is 26.2. The number of nitriles is 1. The Kier molecular flexibility index (Phi) is 2.94. The van der Waals surface area contributed by atoms with Gasteiger partial charge in [0.25, 0.3) is 6.43 Å². The molecule has 0 bridgehead atoms. The van der Waals surface area contributed by atoms with E-state index in [9.17, 15) is 8.78 Å². The van der Waals surface area contributed by atoms with Crippen LogP contribution in [0.4, 0.5) is 8.78 Å². The highest BCUT2D eigenvalue weighted by Crippen LogP contribution is 2.25. The summed E-state index contributed by atoms with van der Waals surface area (Å²) >= 11 is 0. The molecule has 0 aliphatic heterocycles. The molecule has 1 heterocycles. The number of aliphatic hydroxyl groups is 1. The predicted octanol–water partition coefficient (Wildman–Crippen LogP) is 1.09. The normalized spacial score (nSPS) is 10.2. The van der Waals surface area contributed by atoms with E-state index in [2.05, 4.69) is 4.98 Å². The highest BCUT2D eigenvalue weighted by molar-refractivity contribution is 5.41. The molecule has 0 aliphatic carbocycles. The Hall–Kier alpha value is -1.74. The van der Waals surface area contributed by atoms with Gasteiger partial charge in [0.15, 0.2) is 0 Å². The maximum Gasteiger partial charge on any atom is 0.281 e. The maximum atomic E-state index is 12.3. The molecule has 0 amide bonds. The van der Waals surface area contributed by atoms with Crippen LogP contribution in [0.3, 0.4) is 0 Å². The van der Waals surface area contributed by atoms with E-state index in [1.807, 2.05) is 0 Å². The molecular weight excluding hydrogens is 194 g/mol. The number of hydrogen-bond donors (Lipinski definition) is 2. The molecule has 0 fully saturated rings. The minimum Gasteiger partial charge on any atom is -0.506 e. The quantitative estimate of drug-likeness (QED) is 0.749. The Balaban J connectivity index is 3.34. The lowest BCUT2D eigenvalue weighted by molar-refractivity contribution is 0.144. The van der Waals surface area contributed by atoms with E-state index >= 15 is 0 Å². The molecule has 0 spiro atoms. The van der Waals surface area contributed by atoms with Crippen LogP contribution < -0.4 is 0 Å². The molecule has 0 aromatic carbocycles. The largest absolute Gasteiger partial charge is 0.506 e. The molecule has 0 aliphatic rings. The molecule has 0 unspecified atom stereocenters. The van der Waals surface area contributed by atoms with Crippen molar-refractivity contribution in [2.24, 2.45) is 0 Å². The molecule has 74 valence electrons. The average molecular weight is 200 g/mol. The lowest BCUT2D eigenvalue weighted by Gasteiger charge is -2.05. The zero-order valence-electron chi connectivity index (χ0n) is 6.91. The summed E-state index contributed by atoms with van der Waals surface area (Å²) < 4.78 is 24.6.